The van der Waals surface area contributed by atoms with Crippen molar-refractivity contribution in [1.82, 2.24) is 9.55 Å². The molecular weight excluding hydrogens is 936 g/mol. The molecule has 19 nitrogen and oxygen atoms in total. The van der Waals surface area contributed by atoms with Gasteiger partial charge in [-0.2, -0.15) is 9.29 Å². The van der Waals surface area contributed by atoms with Crippen molar-refractivity contribution in [2.24, 2.45) is 0 Å². The molecule has 1 aromatic heterocycles. The molecule has 0 spiro atoms. The highest BCUT2D eigenvalue weighted by molar-refractivity contribution is 7.61. The summed E-state index contributed by atoms with van der Waals surface area (Å²) in [6, 6.07) is 1.24. The molecule has 21 heteroatoms. The van der Waals surface area contributed by atoms with Crippen LogP contribution < -0.4 is 11.4 Å². The average Bonchev–Trinajstić information content (AvgIpc) is 3.58. The molecule has 0 bridgehead atoms. The molecule has 0 aromatic carbocycles. The van der Waals surface area contributed by atoms with Gasteiger partial charge in [0.2, 0.25) is 0 Å². The van der Waals surface area contributed by atoms with Crippen LogP contribution in [0.4, 0.5) is 5.82 Å². The maximum atomic E-state index is 12.9. The summed E-state index contributed by atoms with van der Waals surface area (Å²) in [6.45, 7) is 2.00. The minimum Gasteiger partial charge on any atom is -0.462 e. The molecule has 1 aromatic rings. The number of allylic oxidation sites excluding steroid dienone is 4. The van der Waals surface area contributed by atoms with Gasteiger partial charge in [-0.1, -0.05) is 154 Å². The molecule has 1 aliphatic heterocycles. The molecular formula is C48H83N3O16P2. The number of hydrogen-bond donors (Lipinski definition) is 5. The summed E-state index contributed by atoms with van der Waals surface area (Å²) >= 11 is 0. The van der Waals surface area contributed by atoms with E-state index >= 15 is 0 Å². The first-order chi connectivity index (χ1) is 33.1. The number of rotatable bonds is 42. The zero-order valence-corrected chi connectivity index (χ0v) is 42.9. The molecule has 396 valence electrons. The number of carbonyl (C=O) groups is 3. The fourth-order valence-corrected chi connectivity index (χ4v) is 9.64. The van der Waals surface area contributed by atoms with Crippen molar-refractivity contribution in [2.45, 2.75) is 218 Å². The Morgan fingerprint density at radius 1 is 0.725 bits per heavy atom. The van der Waals surface area contributed by atoms with Crippen LogP contribution in [0.5, 0.6) is 0 Å². The van der Waals surface area contributed by atoms with Gasteiger partial charge in [0.05, 0.1) is 13.2 Å². The monoisotopic (exact) mass is 1020 g/mol. The van der Waals surface area contributed by atoms with Crippen molar-refractivity contribution in [3.8, 4) is 0 Å². The summed E-state index contributed by atoms with van der Waals surface area (Å²) in [7, 11) is -10.9. The average molecular weight is 1020 g/mol. The third kappa shape index (κ3) is 29.8. The van der Waals surface area contributed by atoms with Crippen LogP contribution in [0.15, 0.2) is 41.4 Å². The lowest BCUT2D eigenvalue weighted by atomic mass is 10.0. The van der Waals surface area contributed by atoms with Crippen LogP contribution in [0.3, 0.4) is 0 Å². The molecule has 2 unspecified atom stereocenters. The number of phosphoric acid groups is 2. The highest BCUT2D eigenvalue weighted by Gasteiger charge is 2.46. The van der Waals surface area contributed by atoms with Crippen LogP contribution in [-0.4, -0.2) is 91.5 Å². The zero-order valence-electron chi connectivity index (χ0n) is 41.1. The Labute approximate surface area is 409 Å². The lowest BCUT2D eigenvalue weighted by molar-refractivity contribution is -0.161. The van der Waals surface area contributed by atoms with Gasteiger partial charge >= 0.3 is 33.3 Å². The molecule has 0 saturated carbocycles. The zero-order chi connectivity index (χ0) is 50.8. The maximum Gasteiger partial charge on any atom is 0.481 e. The minimum atomic E-state index is -5.44. The van der Waals surface area contributed by atoms with Crippen molar-refractivity contribution in [3.63, 3.8) is 0 Å². The number of aliphatic hydroxyl groups excluding tert-OH is 2. The standard InChI is InChI=1S/C48H83N3O16P2/c1-3-5-7-9-11-12-13-14-15-16-17-18-20-24-29-33-44(54)65-40(36-62-43(53)32-28-25-21-23-27-31-39(52)30-26-22-19-10-8-6-4-2)37-63-68(58,59)67-69(60,61)64-38-41-45(55)46(56)47(66-41)51-35-34-42(49)50-48(51)57/h19,22,26,30,34-35,40-41,45-47,55-56H,3-18,20-21,23-25,27-29,31-33,36-38H2,1-2H3,(H,58,59)(H,60,61)(H2,49,50,57)/b22-19-,30-26+/t40-,41-,45-,46-,47-/m1/s1. The molecule has 69 heavy (non-hydrogen) atoms. The van der Waals surface area contributed by atoms with E-state index in [2.05, 4.69) is 29.2 Å². The number of nitrogens with zero attached hydrogens (tertiary/aromatic N) is 2. The lowest BCUT2D eigenvalue weighted by Crippen LogP contribution is -2.36. The van der Waals surface area contributed by atoms with Crippen LogP contribution in [0.2, 0.25) is 0 Å². The van der Waals surface area contributed by atoms with E-state index in [1.165, 1.54) is 83.1 Å². The van der Waals surface area contributed by atoms with Crippen LogP contribution in [0, 0.1) is 0 Å². The number of carbonyl (C=O) groups excluding carboxylic acids is 3. The van der Waals surface area contributed by atoms with Crippen molar-refractivity contribution in [3.05, 3.63) is 47.1 Å². The van der Waals surface area contributed by atoms with E-state index in [0.29, 0.717) is 25.7 Å². The molecule has 7 atom stereocenters. The highest BCUT2D eigenvalue weighted by atomic mass is 31.3. The fourth-order valence-electron chi connectivity index (χ4n) is 7.53. The van der Waals surface area contributed by atoms with Crippen LogP contribution in [-0.2, 0) is 51.1 Å². The molecule has 0 radical (unpaired) electrons. The lowest BCUT2D eigenvalue weighted by Gasteiger charge is -2.21. The van der Waals surface area contributed by atoms with Crippen molar-refractivity contribution in [2.75, 3.05) is 25.6 Å². The van der Waals surface area contributed by atoms with Gasteiger partial charge in [0, 0.05) is 25.5 Å². The van der Waals surface area contributed by atoms with E-state index in [1.807, 2.05) is 6.08 Å². The number of nitrogen functional groups attached to an aromatic ring is 1. The van der Waals surface area contributed by atoms with E-state index in [1.54, 1.807) is 12.2 Å². The normalized spacial score (nSPS) is 19.4. The van der Waals surface area contributed by atoms with Crippen molar-refractivity contribution >= 4 is 39.2 Å². The summed E-state index contributed by atoms with van der Waals surface area (Å²) in [5.41, 5.74) is 4.58. The molecule has 2 heterocycles. The third-order valence-corrected chi connectivity index (χ3v) is 14.1. The SMILES string of the molecule is CCCCC/C=C\C=C\C(=O)CCCCCCCC(=O)OC[C@H](COP(=O)(O)OP(=O)(O)OC[C@H]1O[C@@H](n2ccc(N)nc2=O)[C@H](O)[C@@H]1O)OC(=O)CCCCCCCCCCCCCCCCC. The van der Waals surface area contributed by atoms with E-state index < -0.39 is 83.7 Å². The second kappa shape index (κ2) is 36.8. The van der Waals surface area contributed by atoms with Gasteiger partial charge in [0.25, 0.3) is 0 Å². The van der Waals surface area contributed by atoms with E-state index in [4.69, 9.17) is 29.0 Å². The molecule has 0 aliphatic carbocycles. The van der Waals surface area contributed by atoms with E-state index in [9.17, 15) is 48.3 Å². The molecule has 1 saturated heterocycles. The van der Waals surface area contributed by atoms with Crippen LogP contribution >= 0.6 is 15.6 Å². The van der Waals surface area contributed by atoms with Gasteiger partial charge in [-0.3, -0.25) is 28.0 Å². The summed E-state index contributed by atoms with van der Waals surface area (Å²) in [5, 5.41) is 20.9. The number of aliphatic hydroxyl groups is 2. The predicted molar refractivity (Wildman–Crippen MR) is 262 cm³/mol. The third-order valence-electron chi connectivity index (χ3n) is 11.5. The number of nitrogens with two attached hydrogens (primary N) is 1. The second-order valence-electron chi connectivity index (χ2n) is 17.7. The quantitative estimate of drug-likeness (QED) is 0.0134. The number of phosphoric ester groups is 2. The first kappa shape index (κ1) is 62.0. The molecule has 6 N–H and O–H groups in total. The Morgan fingerprint density at radius 2 is 1.25 bits per heavy atom. The largest absolute Gasteiger partial charge is 0.481 e. The van der Waals surface area contributed by atoms with Crippen molar-refractivity contribution < 1.29 is 71.1 Å². The van der Waals surface area contributed by atoms with E-state index in [-0.39, 0.29) is 24.4 Å². The Morgan fingerprint density at radius 3 is 1.83 bits per heavy atom. The number of anilines is 1. The first-order valence-electron chi connectivity index (χ1n) is 25.3. The number of aromatic nitrogens is 2. The van der Waals surface area contributed by atoms with Gasteiger partial charge in [-0.25, -0.2) is 13.9 Å². The van der Waals surface area contributed by atoms with E-state index in [0.717, 1.165) is 68.6 Å². The van der Waals surface area contributed by atoms with Gasteiger partial charge in [0.1, 0.15) is 30.7 Å². The predicted octanol–water partition coefficient (Wildman–Crippen LogP) is 9.40. The summed E-state index contributed by atoms with van der Waals surface area (Å²) in [4.78, 5) is 74.0. The number of unbranched alkanes of at least 4 members (excludes halogenated alkanes) is 21. The molecule has 1 aliphatic rings. The maximum absolute atomic E-state index is 12.9. The Bertz CT molecular complexity index is 1810. The van der Waals surface area contributed by atoms with Crippen molar-refractivity contribution in [1.29, 1.82) is 0 Å². The number of ketones is 1. The number of esters is 2. The Kier molecular flexibility index (Phi) is 33.1. The van der Waals surface area contributed by atoms with Crippen LogP contribution in [0.1, 0.15) is 193 Å². The van der Waals surface area contributed by atoms with Gasteiger partial charge in [-0.05, 0) is 44.2 Å². The van der Waals surface area contributed by atoms with Crippen LogP contribution in [0.25, 0.3) is 0 Å². The Hall–Kier alpha value is -3.09. The second-order valence-corrected chi connectivity index (χ2v) is 20.8. The number of ether oxygens (including phenoxy) is 3. The first-order valence-corrected chi connectivity index (χ1v) is 28.3. The fraction of sp³-hybridized carbons (Fsp3) is 0.771. The molecule has 0 amide bonds. The minimum absolute atomic E-state index is 0.0296. The van der Waals surface area contributed by atoms with Gasteiger partial charge in [-0.15, -0.1) is 0 Å². The summed E-state index contributed by atoms with van der Waals surface area (Å²) in [6.07, 6.45) is 26.5. The number of hydrogen-bond acceptors (Lipinski definition) is 16. The smallest absolute Gasteiger partial charge is 0.462 e. The Balaban J connectivity index is 1.82. The van der Waals surface area contributed by atoms with Gasteiger partial charge in [0.15, 0.2) is 18.1 Å². The molecule has 2 rings (SSSR count). The molecule has 1 fully saturated rings. The topological polar surface area (TPSA) is 283 Å². The van der Waals surface area contributed by atoms with Gasteiger partial charge < -0.3 is 39.9 Å². The summed E-state index contributed by atoms with van der Waals surface area (Å²) in [5.74, 6) is -1.32. The summed E-state index contributed by atoms with van der Waals surface area (Å²) < 4.78 is 56.7. The highest BCUT2D eigenvalue weighted by Crippen LogP contribution is 2.60.